The molecule has 0 aliphatic carbocycles. The zero-order chi connectivity index (χ0) is 14.9. The summed E-state index contributed by atoms with van der Waals surface area (Å²) in [6.45, 7) is 0.258. The zero-order valence-electron chi connectivity index (χ0n) is 11.5. The fourth-order valence-electron chi connectivity index (χ4n) is 1.68. The molecule has 0 saturated carbocycles. The molecule has 4 heteroatoms. The number of carbonyl (C=O) groups excluding carboxylic acids is 2. The summed E-state index contributed by atoms with van der Waals surface area (Å²) in [5.41, 5.74) is 0.846. The van der Waals surface area contributed by atoms with E-state index in [1.54, 1.807) is 12.1 Å². The topological polar surface area (TPSA) is 52.6 Å². The second-order valence-corrected chi connectivity index (χ2v) is 4.40. The molecule has 0 aliphatic rings. The lowest BCUT2D eigenvalue weighted by atomic mass is 10.2. The summed E-state index contributed by atoms with van der Waals surface area (Å²) in [4.78, 5) is 23.1. The molecule has 4 nitrogen and oxygen atoms in total. The number of ether oxygens (including phenoxy) is 2. The number of para-hydroxylation sites is 1. The van der Waals surface area contributed by atoms with Gasteiger partial charge in [-0.2, -0.15) is 0 Å². The molecule has 2 aromatic carbocycles. The van der Waals surface area contributed by atoms with Crippen molar-refractivity contribution in [2.45, 2.75) is 13.0 Å². The normalized spacial score (nSPS) is 9.90. The number of esters is 1. The first kappa shape index (κ1) is 14.8. The summed E-state index contributed by atoms with van der Waals surface area (Å²) in [6, 6.07) is 18.4. The van der Waals surface area contributed by atoms with Crippen molar-refractivity contribution < 1.29 is 19.1 Å². The summed E-state index contributed by atoms with van der Waals surface area (Å²) < 4.78 is 10.3. The van der Waals surface area contributed by atoms with Crippen LogP contribution in [0.4, 0.5) is 0 Å². The Hall–Kier alpha value is -2.62. The third-order valence-corrected chi connectivity index (χ3v) is 2.78. The number of rotatable bonds is 7. The van der Waals surface area contributed by atoms with E-state index in [2.05, 4.69) is 0 Å². The average Bonchev–Trinajstić information content (AvgIpc) is 2.54. The van der Waals surface area contributed by atoms with Gasteiger partial charge in [0, 0.05) is 0 Å². The maximum absolute atomic E-state index is 11.6. The minimum Gasteiger partial charge on any atom is -0.493 e. The van der Waals surface area contributed by atoms with Crippen molar-refractivity contribution >= 4 is 11.8 Å². The highest BCUT2D eigenvalue weighted by atomic mass is 16.5. The van der Waals surface area contributed by atoms with Crippen molar-refractivity contribution in [3.05, 3.63) is 66.2 Å². The Kier molecular flexibility index (Phi) is 5.52. The van der Waals surface area contributed by atoms with Crippen molar-refractivity contribution in [3.63, 3.8) is 0 Å². The molecule has 0 aromatic heterocycles. The highest BCUT2D eigenvalue weighted by Crippen LogP contribution is 2.08. The maximum atomic E-state index is 11.6. The van der Waals surface area contributed by atoms with Crippen LogP contribution in [0.25, 0.3) is 0 Å². The summed E-state index contributed by atoms with van der Waals surface area (Å²) >= 11 is 0. The van der Waals surface area contributed by atoms with Gasteiger partial charge in [0.25, 0.3) is 0 Å². The summed E-state index contributed by atoms with van der Waals surface area (Å²) in [7, 11) is 0. The van der Waals surface area contributed by atoms with Gasteiger partial charge in [0.2, 0.25) is 5.78 Å². The van der Waals surface area contributed by atoms with Gasteiger partial charge in [-0.25, -0.2) is 4.79 Å². The number of hydrogen-bond acceptors (Lipinski definition) is 4. The minimum atomic E-state index is -0.824. The molecule has 2 aromatic rings. The first-order valence-corrected chi connectivity index (χ1v) is 6.67. The summed E-state index contributed by atoms with van der Waals surface area (Å²) in [6.07, 6.45) is 0.00250. The first-order chi connectivity index (χ1) is 10.3. The molecule has 0 radical (unpaired) electrons. The summed E-state index contributed by atoms with van der Waals surface area (Å²) in [5.74, 6) is -0.736. The van der Waals surface area contributed by atoms with Crippen LogP contribution in [0.1, 0.15) is 12.0 Å². The van der Waals surface area contributed by atoms with Gasteiger partial charge in [0.15, 0.2) is 0 Å². The zero-order valence-corrected chi connectivity index (χ0v) is 11.5. The number of benzene rings is 2. The molecule has 0 amide bonds. The van der Waals surface area contributed by atoms with Gasteiger partial charge in [-0.05, 0) is 17.7 Å². The quantitative estimate of drug-likeness (QED) is 0.579. The third kappa shape index (κ3) is 5.10. The second kappa shape index (κ2) is 7.85. The highest BCUT2D eigenvalue weighted by Gasteiger charge is 2.15. The van der Waals surface area contributed by atoms with Crippen LogP contribution in [0.2, 0.25) is 0 Å². The van der Waals surface area contributed by atoms with E-state index in [9.17, 15) is 9.59 Å². The van der Waals surface area contributed by atoms with Gasteiger partial charge in [-0.15, -0.1) is 0 Å². The first-order valence-electron chi connectivity index (χ1n) is 6.67. The van der Waals surface area contributed by atoms with Gasteiger partial charge >= 0.3 is 5.97 Å². The number of hydrogen-bond donors (Lipinski definition) is 0. The van der Waals surface area contributed by atoms with Gasteiger partial charge < -0.3 is 9.47 Å². The van der Waals surface area contributed by atoms with E-state index in [0.29, 0.717) is 5.75 Å². The molecule has 0 fully saturated rings. The maximum Gasteiger partial charge on any atom is 0.375 e. The van der Waals surface area contributed by atoms with Crippen LogP contribution in [0.3, 0.4) is 0 Å². The van der Waals surface area contributed by atoms with Gasteiger partial charge in [0.05, 0.1) is 13.0 Å². The van der Waals surface area contributed by atoms with E-state index in [-0.39, 0.29) is 19.6 Å². The number of ketones is 1. The minimum absolute atomic E-state index is 0.00250. The molecule has 0 N–H and O–H groups in total. The monoisotopic (exact) mass is 284 g/mol. The Labute approximate surface area is 123 Å². The predicted octanol–water partition coefficient (Wildman–Crippen LogP) is 2.77. The van der Waals surface area contributed by atoms with Crippen LogP contribution in [-0.4, -0.2) is 18.4 Å². The van der Waals surface area contributed by atoms with E-state index in [0.717, 1.165) is 5.56 Å². The lowest BCUT2D eigenvalue weighted by molar-refractivity contribution is -0.155. The summed E-state index contributed by atoms with van der Waals surface area (Å²) in [5, 5.41) is 0. The SMILES string of the molecule is O=C(CCOc1ccccc1)C(=O)OCc1ccccc1. The van der Waals surface area contributed by atoms with Crippen LogP contribution in [0.15, 0.2) is 60.7 Å². The largest absolute Gasteiger partial charge is 0.493 e. The number of carbonyl (C=O) groups is 2. The third-order valence-electron chi connectivity index (χ3n) is 2.78. The molecule has 108 valence electrons. The molecular formula is C17H16O4. The molecule has 0 spiro atoms. The Morgan fingerprint density at radius 2 is 1.48 bits per heavy atom. The van der Waals surface area contributed by atoms with E-state index < -0.39 is 11.8 Å². The van der Waals surface area contributed by atoms with Crippen molar-refractivity contribution in [1.82, 2.24) is 0 Å². The molecule has 2 rings (SSSR count). The standard InChI is InChI=1S/C17H16O4/c18-16(11-12-20-15-9-5-2-6-10-15)17(19)21-13-14-7-3-1-4-8-14/h1-10H,11-13H2. The molecule has 0 aliphatic heterocycles. The molecule has 0 heterocycles. The van der Waals surface area contributed by atoms with Crippen LogP contribution >= 0.6 is 0 Å². The van der Waals surface area contributed by atoms with E-state index in [1.807, 2.05) is 48.5 Å². The van der Waals surface area contributed by atoms with Crippen LogP contribution < -0.4 is 4.74 Å². The van der Waals surface area contributed by atoms with Gasteiger partial charge in [-0.3, -0.25) is 4.79 Å². The van der Waals surface area contributed by atoms with E-state index >= 15 is 0 Å². The van der Waals surface area contributed by atoms with E-state index in [4.69, 9.17) is 9.47 Å². The Bertz CT molecular complexity index is 578. The van der Waals surface area contributed by atoms with Crippen LogP contribution in [0, 0.1) is 0 Å². The van der Waals surface area contributed by atoms with Crippen LogP contribution in [0.5, 0.6) is 5.75 Å². The molecule has 0 unspecified atom stereocenters. The lowest BCUT2D eigenvalue weighted by Gasteiger charge is -2.06. The van der Waals surface area contributed by atoms with Crippen molar-refractivity contribution in [1.29, 1.82) is 0 Å². The molecule has 0 bridgehead atoms. The Balaban J connectivity index is 1.69. The highest BCUT2D eigenvalue weighted by molar-refractivity contribution is 6.33. The smallest absolute Gasteiger partial charge is 0.375 e. The van der Waals surface area contributed by atoms with Crippen LogP contribution in [-0.2, 0) is 20.9 Å². The molecular weight excluding hydrogens is 268 g/mol. The Morgan fingerprint density at radius 1 is 0.857 bits per heavy atom. The van der Waals surface area contributed by atoms with Gasteiger partial charge in [-0.1, -0.05) is 48.5 Å². The van der Waals surface area contributed by atoms with E-state index in [1.165, 1.54) is 0 Å². The fourth-order valence-corrected chi connectivity index (χ4v) is 1.68. The van der Waals surface area contributed by atoms with Crippen molar-refractivity contribution in [2.24, 2.45) is 0 Å². The second-order valence-electron chi connectivity index (χ2n) is 4.40. The molecule has 0 atom stereocenters. The molecule has 0 saturated heterocycles. The van der Waals surface area contributed by atoms with Crippen molar-refractivity contribution in [2.75, 3.05) is 6.61 Å². The molecule has 21 heavy (non-hydrogen) atoms. The lowest BCUT2D eigenvalue weighted by Crippen LogP contribution is -2.19. The average molecular weight is 284 g/mol. The Morgan fingerprint density at radius 3 is 2.14 bits per heavy atom. The number of Topliss-reactive ketones (excluding diaryl/α,β-unsaturated/α-hetero) is 1. The van der Waals surface area contributed by atoms with Crippen molar-refractivity contribution in [3.8, 4) is 5.75 Å². The fraction of sp³-hybridized carbons (Fsp3) is 0.176. The van der Waals surface area contributed by atoms with Gasteiger partial charge in [0.1, 0.15) is 12.4 Å². The predicted molar refractivity (Wildman–Crippen MR) is 77.8 cm³/mol.